The van der Waals surface area contributed by atoms with Gasteiger partial charge in [0.1, 0.15) is 11.6 Å². The van der Waals surface area contributed by atoms with Crippen LogP contribution in [0.2, 0.25) is 0 Å². The summed E-state index contributed by atoms with van der Waals surface area (Å²) in [5, 5.41) is 4.38. The largest absolute Gasteiger partial charge is 0.438 e. The molecule has 0 radical (unpaired) electrons. The van der Waals surface area contributed by atoms with Gasteiger partial charge < -0.3 is 19.7 Å². The highest BCUT2D eigenvalue weighted by atomic mass is 19.1. The third-order valence-electron chi connectivity index (χ3n) is 5.65. The first-order valence-corrected chi connectivity index (χ1v) is 11.2. The summed E-state index contributed by atoms with van der Waals surface area (Å²) in [6.45, 7) is 9.28. The lowest BCUT2D eigenvalue weighted by molar-refractivity contribution is 0.102. The molecule has 2 N–H and O–H groups in total. The number of carbonyl (C=O) groups excluding carboxylic acids is 1. The molecule has 1 fully saturated rings. The third kappa shape index (κ3) is 5.01. The van der Waals surface area contributed by atoms with Crippen LogP contribution in [0.4, 0.5) is 21.7 Å². The molecular weight excluding hydrogens is 463 g/mol. The van der Waals surface area contributed by atoms with E-state index in [9.17, 15) is 9.18 Å². The Labute approximate surface area is 206 Å². The van der Waals surface area contributed by atoms with Gasteiger partial charge in [0.05, 0.1) is 13.2 Å². The molecule has 4 aromatic rings. The summed E-state index contributed by atoms with van der Waals surface area (Å²) in [6.07, 6.45) is 1.48. The van der Waals surface area contributed by atoms with E-state index in [1.807, 2.05) is 29.2 Å². The van der Waals surface area contributed by atoms with Crippen LogP contribution >= 0.6 is 0 Å². The van der Waals surface area contributed by atoms with Gasteiger partial charge in [0.25, 0.3) is 11.9 Å². The lowest BCUT2D eigenvalue weighted by atomic mass is 10.1. The van der Waals surface area contributed by atoms with Gasteiger partial charge in [-0.2, -0.15) is 16.5 Å². The number of rotatable bonds is 6. The maximum absolute atomic E-state index is 14.4. The quantitative estimate of drug-likeness (QED) is 0.297. The molecule has 0 spiro atoms. The number of benzene rings is 3. The smallest absolute Gasteiger partial charge is 0.296 e. The van der Waals surface area contributed by atoms with Crippen LogP contribution in [0.1, 0.15) is 10.4 Å². The van der Waals surface area contributed by atoms with Crippen LogP contribution in [-0.2, 0) is 4.74 Å². The predicted molar refractivity (Wildman–Crippen MR) is 134 cm³/mol. The number of hydrogen-bond acceptors (Lipinski definition) is 7. The number of ether oxygens (including phenoxy) is 2. The van der Waals surface area contributed by atoms with Crippen LogP contribution in [0.15, 0.2) is 66.9 Å². The number of halogens is 1. The maximum Gasteiger partial charge on any atom is 0.296 e. The van der Waals surface area contributed by atoms with Crippen LogP contribution < -0.4 is 20.4 Å². The minimum absolute atomic E-state index is 0.127. The van der Waals surface area contributed by atoms with E-state index >= 15 is 0 Å². The van der Waals surface area contributed by atoms with Crippen LogP contribution in [0.25, 0.3) is 15.7 Å². The Morgan fingerprint density at radius 2 is 1.89 bits per heavy atom. The summed E-state index contributed by atoms with van der Waals surface area (Å²) in [6, 6.07) is 16.8. The summed E-state index contributed by atoms with van der Waals surface area (Å²) < 4.78 is 25.7. The molecule has 0 saturated carbocycles. The van der Waals surface area contributed by atoms with E-state index in [2.05, 4.69) is 25.7 Å². The van der Waals surface area contributed by atoms with Crippen molar-refractivity contribution in [2.45, 2.75) is 0 Å². The summed E-state index contributed by atoms with van der Waals surface area (Å²) >= 11 is 0. The van der Waals surface area contributed by atoms with Gasteiger partial charge in [-0.3, -0.25) is 4.79 Å². The van der Waals surface area contributed by atoms with E-state index in [0.717, 1.165) is 10.8 Å². The number of carbonyl (C=O) groups is 1. The first-order chi connectivity index (χ1) is 17.6. The van der Waals surface area contributed by atoms with E-state index in [-0.39, 0.29) is 17.4 Å². The van der Waals surface area contributed by atoms with Gasteiger partial charge in [-0.05, 0) is 30.3 Å². The molecule has 1 aromatic heterocycles. The van der Waals surface area contributed by atoms with Crippen LogP contribution in [-0.4, -0.2) is 42.2 Å². The van der Waals surface area contributed by atoms with E-state index in [1.165, 1.54) is 18.3 Å². The number of aromatic nitrogens is 2. The van der Waals surface area contributed by atoms with Crippen molar-refractivity contribution in [2.24, 2.45) is 0 Å². The Morgan fingerprint density at radius 1 is 1.08 bits per heavy atom. The molecule has 5 rings (SSSR count). The van der Waals surface area contributed by atoms with Gasteiger partial charge in [0, 0.05) is 53.1 Å². The summed E-state index contributed by atoms with van der Waals surface area (Å²) in [5.74, 6) is -0.00434. The second kappa shape index (κ2) is 10.2. The zero-order valence-corrected chi connectivity index (χ0v) is 19.1. The number of amides is 1. The Hall–Kier alpha value is -4.75. The molecule has 36 heavy (non-hydrogen) atoms. The molecule has 0 bridgehead atoms. The lowest BCUT2D eigenvalue weighted by Gasteiger charge is -2.29. The van der Waals surface area contributed by atoms with Crippen LogP contribution in [0.3, 0.4) is 0 Å². The second-order valence-corrected chi connectivity index (χ2v) is 7.95. The minimum Gasteiger partial charge on any atom is -0.438 e. The van der Waals surface area contributed by atoms with Crippen molar-refractivity contribution < 1.29 is 18.7 Å². The molecule has 0 unspecified atom stereocenters. The molecule has 0 atom stereocenters. The van der Waals surface area contributed by atoms with Gasteiger partial charge in [-0.25, -0.2) is 9.37 Å². The molecular formula is C26H21FN6O3. The van der Waals surface area contributed by atoms with Crippen molar-refractivity contribution in [3.8, 4) is 11.6 Å². The number of anilines is 3. The molecule has 3 aromatic carbocycles. The van der Waals surface area contributed by atoms with Crippen LogP contribution in [0.5, 0.6) is 11.6 Å². The zero-order valence-electron chi connectivity index (χ0n) is 19.1. The molecule has 1 saturated heterocycles. The average molecular weight is 484 g/mol. The number of nitrogens with zero attached hydrogens (tertiary/aromatic N) is 4. The SMILES string of the molecule is [C-]#[N+]Nc1nccc(Oc2ccc(NC(=O)c3cc(F)cc(N4CCOCC4)c3)c3ccccc23)n1. The van der Waals surface area contributed by atoms with Crippen molar-refractivity contribution in [2.75, 3.05) is 41.9 Å². The number of morpholine rings is 1. The lowest BCUT2D eigenvalue weighted by Crippen LogP contribution is -2.36. The van der Waals surface area contributed by atoms with E-state index in [0.29, 0.717) is 43.4 Å². The van der Waals surface area contributed by atoms with Gasteiger partial charge in [0.15, 0.2) is 0 Å². The highest BCUT2D eigenvalue weighted by Gasteiger charge is 2.17. The van der Waals surface area contributed by atoms with Crippen molar-refractivity contribution in [3.63, 3.8) is 0 Å². The molecule has 0 aliphatic carbocycles. The fourth-order valence-corrected chi connectivity index (χ4v) is 3.99. The second-order valence-electron chi connectivity index (χ2n) is 7.95. The number of fused-ring (bicyclic) bond motifs is 1. The molecule has 1 aliphatic heterocycles. The van der Waals surface area contributed by atoms with Crippen molar-refractivity contribution in [1.29, 1.82) is 0 Å². The summed E-state index contributed by atoms with van der Waals surface area (Å²) in [5.41, 5.74) is 3.78. The molecule has 10 heteroatoms. The van der Waals surface area contributed by atoms with Gasteiger partial charge >= 0.3 is 0 Å². The normalized spacial score (nSPS) is 13.2. The molecule has 2 heterocycles. The van der Waals surface area contributed by atoms with Crippen molar-refractivity contribution in [3.05, 3.63) is 89.8 Å². The topological polar surface area (TPSA) is 93.0 Å². The van der Waals surface area contributed by atoms with Gasteiger partial charge in [-0.15, -0.1) is 0 Å². The zero-order chi connectivity index (χ0) is 24.9. The summed E-state index contributed by atoms with van der Waals surface area (Å²) in [4.78, 5) is 26.3. The average Bonchev–Trinajstić information content (AvgIpc) is 2.90. The minimum atomic E-state index is -0.477. The Morgan fingerprint density at radius 3 is 2.69 bits per heavy atom. The number of hydrogen-bond donors (Lipinski definition) is 2. The summed E-state index contributed by atoms with van der Waals surface area (Å²) in [7, 11) is 0. The highest BCUT2D eigenvalue weighted by Crippen LogP contribution is 2.34. The van der Waals surface area contributed by atoms with E-state index < -0.39 is 11.7 Å². The van der Waals surface area contributed by atoms with Crippen molar-refractivity contribution in [1.82, 2.24) is 9.97 Å². The molecule has 9 nitrogen and oxygen atoms in total. The van der Waals surface area contributed by atoms with E-state index in [1.54, 1.807) is 24.3 Å². The Kier molecular flexibility index (Phi) is 6.55. The van der Waals surface area contributed by atoms with Gasteiger partial charge in [0.2, 0.25) is 5.88 Å². The monoisotopic (exact) mass is 484 g/mol. The number of nitrogens with one attached hydrogen (secondary N) is 2. The standard InChI is InChI=1S/C26H21FN6O3/c1-28-32-26-29-9-8-24(31-26)36-23-7-6-22(20-4-2-3-5-21(20)23)30-25(34)17-14-18(27)16-19(15-17)33-10-12-35-13-11-33/h2-9,14-16H,10-13H2,(H,30,34)(H,29,31,32). The van der Waals surface area contributed by atoms with E-state index in [4.69, 9.17) is 16.0 Å². The van der Waals surface area contributed by atoms with Gasteiger partial charge in [-0.1, -0.05) is 29.7 Å². The first kappa shape index (κ1) is 23.0. The fraction of sp³-hybridized carbons (Fsp3) is 0.154. The third-order valence-corrected chi connectivity index (χ3v) is 5.65. The Bertz CT molecular complexity index is 1470. The highest BCUT2D eigenvalue weighted by molar-refractivity contribution is 6.10. The molecule has 1 aliphatic rings. The molecule has 180 valence electrons. The first-order valence-electron chi connectivity index (χ1n) is 11.2. The van der Waals surface area contributed by atoms with Crippen molar-refractivity contribution >= 4 is 34.0 Å². The fourth-order valence-electron chi connectivity index (χ4n) is 3.99. The Balaban J connectivity index is 1.42. The maximum atomic E-state index is 14.4. The predicted octanol–water partition coefficient (Wildman–Crippen LogP) is 4.90. The van der Waals surface area contributed by atoms with Crippen LogP contribution in [0, 0.1) is 12.4 Å². The molecule has 1 amide bonds.